The molecular weight excluding hydrogens is 307 g/mol. The molecule has 0 saturated carbocycles. The average molecular weight is 325 g/mol. The van der Waals surface area contributed by atoms with Crippen LogP contribution in [0.2, 0.25) is 0 Å². The van der Waals surface area contributed by atoms with Gasteiger partial charge in [0.2, 0.25) is 10.0 Å². The lowest BCUT2D eigenvalue weighted by atomic mass is 10.1. The van der Waals surface area contributed by atoms with Crippen LogP contribution >= 0.6 is 0 Å². The monoisotopic (exact) mass is 325 g/mol. The van der Waals surface area contributed by atoms with Crippen molar-refractivity contribution in [1.29, 1.82) is 0 Å². The lowest BCUT2D eigenvalue weighted by Gasteiger charge is -2.14. The quantitative estimate of drug-likeness (QED) is 0.844. The predicted molar refractivity (Wildman–Crippen MR) is 72.1 cm³/mol. The van der Waals surface area contributed by atoms with Crippen molar-refractivity contribution in [2.75, 3.05) is 6.54 Å². The van der Waals surface area contributed by atoms with Gasteiger partial charge in [-0.3, -0.25) is 0 Å². The molecule has 4 nitrogen and oxygen atoms in total. The highest BCUT2D eigenvalue weighted by Gasteiger charge is 2.31. The molecule has 0 spiro atoms. The molecule has 2 N–H and O–H groups in total. The van der Waals surface area contributed by atoms with Crippen LogP contribution in [0.25, 0.3) is 0 Å². The summed E-state index contributed by atoms with van der Waals surface area (Å²) in [6.45, 7) is 3.49. The Hall–Kier alpha value is -1.12. The van der Waals surface area contributed by atoms with Crippen molar-refractivity contribution in [3.63, 3.8) is 0 Å². The number of sulfonamides is 1. The van der Waals surface area contributed by atoms with E-state index in [1.165, 1.54) is 0 Å². The maximum absolute atomic E-state index is 12.6. The second-order valence-corrected chi connectivity index (χ2v) is 6.93. The van der Waals surface area contributed by atoms with E-state index in [0.717, 1.165) is 18.2 Å². The molecule has 8 heteroatoms. The predicted octanol–water partition coefficient (Wildman–Crippen LogP) is 2.39. The van der Waals surface area contributed by atoms with Crippen molar-refractivity contribution < 1.29 is 26.7 Å². The molecule has 0 saturated heterocycles. The molecule has 0 radical (unpaired) electrons. The minimum atomic E-state index is -4.61. The number of benzene rings is 1. The topological polar surface area (TPSA) is 66.4 Å². The summed E-state index contributed by atoms with van der Waals surface area (Å²) in [5, 5.41) is 9.61. The maximum atomic E-state index is 12.6. The number of nitrogens with one attached hydrogen (secondary N) is 1. The first-order valence-electron chi connectivity index (χ1n) is 6.37. The first-order valence-corrected chi connectivity index (χ1v) is 7.85. The highest BCUT2D eigenvalue weighted by atomic mass is 32.2. The van der Waals surface area contributed by atoms with Gasteiger partial charge in [0.1, 0.15) is 0 Å². The molecule has 0 fully saturated rings. The highest BCUT2D eigenvalue weighted by Crippen LogP contribution is 2.30. The zero-order valence-electron chi connectivity index (χ0n) is 11.7. The van der Waals surface area contributed by atoms with Gasteiger partial charge in [0.05, 0.1) is 16.6 Å². The summed E-state index contributed by atoms with van der Waals surface area (Å²) in [6.07, 6.45) is -5.10. The Kier molecular flexibility index (Phi) is 5.77. The Morgan fingerprint density at radius 2 is 1.90 bits per heavy atom. The first kappa shape index (κ1) is 17.9. The fourth-order valence-electron chi connectivity index (χ4n) is 1.76. The summed E-state index contributed by atoms with van der Waals surface area (Å²) in [6, 6.07) is 3.47. The van der Waals surface area contributed by atoms with Gasteiger partial charge >= 0.3 is 6.18 Å². The van der Waals surface area contributed by atoms with Crippen LogP contribution in [0, 0.1) is 5.92 Å². The largest absolute Gasteiger partial charge is 0.416 e. The number of hydrogen-bond acceptors (Lipinski definition) is 3. The Morgan fingerprint density at radius 3 is 2.43 bits per heavy atom. The van der Waals surface area contributed by atoms with Gasteiger partial charge < -0.3 is 5.11 Å². The zero-order valence-corrected chi connectivity index (χ0v) is 12.5. The van der Waals surface area contributed by atoms with E-state index in [9.17, 15) is 26.7 Å². The van der Waals surface area contributed by atoms with Crippen LogP contribution in [0.1, 0.15) is 25.8 Å². The number of hydrogen-bond donors (Lipinski definition) is 2. The van der Waals surface area contributed by atoms with Crippen molar-refractivity contribution in [3.05, 3.63) is 29.8 Å². The summed E-state index contributed by atoms with van der Waals surface area (Å²) in [5.41, 5.74) is -1.03. The van der Waals surface area contributed by atoms with Gasteiger partial charge in [-0.15, -0.1) is 0 Å². The Bertz CT molecular complexity index is 570. The van der Waals surface area contributed by atoms with Gasteiger partial charge in [-0.2, -0.15) is 13.2 Å². The van der Waals surface area contributed by atoms with Crippen molar-refractivity contribution >= 4 is 10.0 Å². The van der Waals surface area contributed by atoms with Crippen LogP contribution in [0.4, 0.5) is 13.2 Å². The van der Waals surface area contributed by atoms with E-state index in [1.807, 2.05) is 13.8 Å². The lowest BCUT2D eigenvalue weighted by molar-refractivity contribution is -0.137. The van der Waals surface area contributed by atoms with Gasteiger partial charge in [-0.1, -0.05) is 19.9 Å². The molecule has 1 rings (SSSR count). The lowest BCUT2D eigenvalue weighted by Crippen LogP contribution is -2.33. The normalized spacial score (nSPS) is 14.4. The van der Waals surface area contributed by atoms with Crippen molar-refractivity contribution in [2.24, 2.45) is 5.92 Å². The summed E-state index contributed by atoms with van der Waals surface area (Å²) >= 11 is 0. The Morgan fingerprint density at radius 1 is 1.29 bits per heavy atom. The van der Waals surface area contributed by atoms with Gasteiger partial charge in [-0.25, -0.2) is 13.1 Å². The van der Waals surface area contributed by atoms with E-state index in [1.54, 1.807) is 0 Å². The molecular formula is C13H18F3NO3S. The molecule has 21 heavy (non-hydrogen) atoms. The summed E-state index contributed by atoms with van der Waals surface area (Å²) in [4.78, 5) is -0.478. The molecule has 1 atom stereocenters. The average Bonchev–Trinajstić information content (AvgIpc) is 2.35. The SMILES string of the molecule is CC(C)CC(O)CNS(=O)(=O)c1cccc(C(F)(F)F)c1. The molecule has 0 aromatic heterocycles. The van der Waals surface area contributed by atoms with Gasteiger partial charge in [0.15, 0.2) is 0 Å². The molecule has 1 aromatic carbocycles. The smallest absolute Gasteiger partial charge is 0.392 e. The number of alkyl halides is 3. The van der Waals surface area contributed by atoms with Crippen LogP contribution < -0.4 is 4.72 Å². The number of aliphatic hydroxyl groups is 1. The van der Waals surface area contributed by atoms with E-state index >= 15 is 0 Å². The van der Waals surface area contributed by atoms with Crippen molar-refractivity contribution in [1.82, 2.24) is 4.72 Å². The molecule has 0 aliphatic carbocycles. The van der Waals surface area contributed by atoms with E-state index in [-0.39, 0.29) is 12.5 Å². The summed E-state index contributed by atoms with van der Waals surface area (Å²) in [5.74, 6) is 0.179. The molecule has 1 unspecified atom stereocenters. The second kappa shape index (κ2) is 6.76. The Labute approximate surface area is 122 Å². The standard InChI is InChI=1S/C13H18F3NO3S/c1-9(2)6-11(18)8-17-21(19,20)12-5-3-4-10(7-12)13(14,15)16/h3-5,7,9,11,17-18H,6,8H2,1-2H3. The van der Waals surface area contributed by atoms with Crippen LogP contribution in [0.15, 0.2) is 29.2 Å². The second-order valence-electron chi connectivity index (χ2n) is 5.16. The highest BCUT2D eigenvalue weighted by molar-refractivity contribution is 7.89. The third kappa shape index (κ3) is 5.64. The number of rotatable bonds is 6. The fraction of sp³-hybridized carbons (Fsp3) is 0.538. The molecule has 0 aliphatic rings. The van der Waals surface area contributed by atoms with Crippen LogP contribution in [0.3, 0.4) is 0 Å². The van der Waals surface area contributed by atoms with Crippen molar-refractivity contribution in [2.45, 2.75) is 37.4 Å². The molecule has 0 bridgehead atoms. The molecule has 0 amide bonds. The van der Waals surface area contributed by atoms with E-state index < -0.39 is 32.8 Å². The molecule has 1 aromatic rings. The van der Waals surface area contributed by atoms with Crippen LogP contribution in [-0.2, 0) is 16.2 Å². The number of halogens is 3. The third-order valence-electron chi connectivity index (χ3n) is 2.72. The summed E-state index contributed by atoms with van der Waals surface area (Å²) < 4.78 is 63.6. The summed E-state index contributed by atoms with van der Waals surface area (Å²) in [7, 11) is -4.08. The van der Waals surface area contributed by atoms with Crippen molar-refractivity contribution in [3.8, 4) is 0 Å². The molecule has 0 heterocycles. The fourth-order valence-corrected chi connectivity index (χ4v) is 2.87. The molecule has 0 aliphatic heterocycles. The molecule has 120 valence electrons. The van der Waals surface area contributed by atoms with Gasteiger partial charge in [0.25, 0.3) is 0 Å². The maximum Gasteiger partial charge on any atom is 0.416 e. The van der Waals surface area contributed by atoms with E-state index in [2.05, 4.69) is 4.72 Å². The van der Waals surface area contributed by atoms with Crippen LogP contribution in [-0.4, -0.2) is 26.2 Å². The minimum Gasteiger partial charge on any atom is -0.392 e. The van der Waals surface area contributed by atoms with E-state index in [0.29, 0.717) is 12.5 Å². The number of aliphatic hydroxyl groups excluding tert-OH is 1. The van der Waals surface area contributed by atoms with Gasteiger partial charge in [0, 0.05) is 6.54 Å². The zero-order chi connectivity index (χ0) is 16.3. The Balaban J connectivity index is 2.84. The van der Waals surface area contributed by atoms with Crippen LogP contribution in [0.5, 0.6) is 0 Å². The minimum absolute atomic E-state index is 0.179. The third-order valence-corrected chi connectivity index (χ3v) is 4.15. The first-order chi connectivity index (χ1) is 9.52. The van der Waals surface area contributed by atoms with Gasteiger partial charge in [-0.05, 0) is 30.5 Å². The van der Waals surface area contributed by atoms with E-state index in [4.69, 9.17) is 0 Å².